The number of halogens is 2. The molecule has 1 aliphatic carbocycles. The van der Waals surface area contributed by atoms with Crippen molar-refractivity contribution in [3.63, 3.8) is 0 Å². The third kappa shape index (κ3) is 4.77. The average Bonchev–Trinajstić information content (AvgIpc) is 3.52. The first kappa shape index (κ1) is 21.4. The number of hydrogen-bond acceptors (Lipinski definition) is 6. The Kier molecular flexibility index (Phi) is 6.05. The molecule has 1 aromatic rings. The molecule has 1 aromatic carbocycles. The van der Waals surface area contributed by atoms with E-state index in [1.165, 1.54) is 6.92 Å². The highest BCUT2D eigenvalue weighted by molar-refractivity contribution is 7.80. The summed E-state index contributed by atoms with van der Waals surface area (Å²) in [5.41, 5.74) is 3.13. The quantitative estimate of drug-likeness (QED) is 0.520. The normalized spacial score (nSPS) is 21.2. The molecular weight excluding hydrogens is 428 g/mol. The number of nitrogens with zero attached hydrogens (tertiary/aromatic N) is 3. The minimum absolute atomic E-state index is 0.0737. The van der Waals surface area contributed by atoms with Crippen molar-refractivity contribution in [3.8, 4) is 0 Å². The van der Waals surface area contributed by atoms with Crippen LogP contribution in [0.4, 0.5) is 25.0 Å². The van der Waals surface area contributed by atoms with Gasteiger partial charge in [0.25, 0.3) is 0 Å². The van der Waals surface area contributed by atoms with Gasteiger partial charge in [-0.2, -0.15) is 0 Å². The molecule has 1 unspecified atom stereocenters. The van der Waals surface area contributed by atoms with E-state index in [0.29, 0.717) is 26.2 Å². The van der Waals surface area contributed by atoms with E-state index < -0.39 is 23.8 Å². The van der Waals surface area contributed by atoms with E-state index in [9.17, 15) is 18.4 Å². The summed E-state index contributed by atoms with van der Waals surface area (Å²) in [6.07, 6.45) is 2.69. The highest BCUT2D eigenvalue weighted by Crippen LogP contribution is 2.31. The Morgan fingerprint density at radius 2 is 1.97 bits per heavy atom. The fourth-order valence-electron chi connectivity index (χ4n) is 3.65. The van der Waals surface area contributed by atoms with Gasteiger partial charge in [-0.15, -0.1) is 0 Å². The van der Waals surface area contributed by atoms with Crippen LogP contribution in [0.15, 0.2) is 24.3 Å². The van der Waals surface area contributed by atoms with Gasteiger partial charge in [0.1, 0.15) is 16.8 Å². The van der Waals surface area contributed by atoms with Crippen molar-refractivity contribution in [3.05, 3.63) is 35.9 Å². The fourth-order valence-corrected chi connectivity index (χ4v) is 3.96. The van der Waals surface area contributed by atoms with Crippen LogP contribution >= 0.6 is 12.2 Å². The second-order valence-electron chi connectivity index (χ2n) is 7.61. The van der Waals surface area contributed by atoms with Crippen molar-refractivity contribution in [1.82, 2.24) is 15.8 Å². The predicted molar refractivity (Wildman–Crippen MR) is 115 cm³/mol. The number of anilines is 2. The van der Waals surface area contributed by atoms with Crippen molar-refractivity contribution >= 4 is 40.6 Å². The number of carbonyl (C=O) groups is 2. The summed E-state index contributed by atoms with van der Waals surface area (Å²) in [7, 11) is 0. The molecule has 2 aliphatic heterocycles. The van der Waals surface area contributed by atoms with E-state index in [-0.39, 0.29) is 36.3 Å². The molecular formula is C20H23F2N5O3S. The molecule has 0 saturated carbocycles. The molecule has 2 fully saturated rings. The molecule has 31 heavy (non-hydrogen) atoms. The first-order chi connectivity index (χ1) is 14.8. The molecule has 2 N–H and O–H groups in total. The second-order valence-corrected chi connectivity index (χ2v) is 8.03. The van der Waals surface area contributed by atoms with Crippen LogP contribution in [0.1, 0.15) is 6.92 Å². The Labute approximate surface area is 183 Å². The minimum Gasteiger partial charge on any atom is -0.442 e. The van der Waals surface area contributed by atoms with Crippen LogP contribution in [0.5, 0.6) is 0 Å². The number of amides is 2. The van der Waals surface area contributed by atoms with Gasteiger partial charge in [0.2, 0.25) is 5.91 Å². The van der Waals surface area contributed by atoms with Crippen LogP contribution in [0.2, 0.25) is 0 Å². The summed E-state index contributed by atoms with van der Waals surface area (Å²) in [4.78, 5) is 26.7. The van der Waals surface area contributed by atoms with E-state index in [0.717, 1.165) is 22.0 Å². The third-order valence-corrected chi connectivity index (χ3v) is 5.79. The third-order valence-electron chi connectivity index (χ3n) is 5.30. The summed E-state index contributed by atoms with van der Waals surface area (Å²) in [6.45, 7) is 3.33. The van der Waals surface area contributed by atoms with Crippen LogP contribution in [0, 0.1) is 17.6 Å². The van der Waals surface area contributed by atoms with Gasteiger partial charge in [-0.25, -0.2) is 19.0 Å². The molecule has 4 rings (SSSR count). The van der Waals surface area contributed by atoms with E-state index >= 15 is 0 Å². The molecule has 8 nitrogen and oxygen atoms in total. The predicted octanol–water partition coefficient (Wildman–Crippen LogP) is 1.57. The number of nitrogens with one attached hydrogen (secondary N) is 2. The lowest BCUT2D eigenvalue weighted by atomic mass is 10.2. The van der Waals surface area contributed by atoms with E-state index in [1.807, 2.05) is 17.2 Å². The van der Waals surface area contributed by atoms with Crippen molar-refractivity contribution in [2.75, 3.05) is 49.1 Å². The molecule has 0 aromatic heterocycles. The van der Waals surface area contributed by atoms with Gasteiger partial charge in [-0.1, -0.05) is 24.4 Å². The molecule has 0 radical (unpaired) electrons. The van der Waals surface area contributed by atoms with E-state index in [2.05, 4.69) is 10.7 Å². The Morgan fingerprint density at radius 1 is 1.26 bits per heavy atom. The molecule has 0 spiro atoms. The topological polar surface area (TPSA) is 77.2 Å². The maximum atomic E-state index is 15.0. The van der Waals surface area contributed by atoms with Crippen molar-refractivity contribution in [1.29, 1.82) is 0 Å². The van der Waals surface area contributed by atoms with Gasteiger partial charge < -0.3 is 15.0 Å². The Morgan fingerprint density at radius 3 is 2.61 bits per heavy atom. The fraction of sp³-hybridized carbons (Fsp3) is 0.450. The number of ether oxygens (including phenoxy) is 1. The van der Waals surface area contributed by atoms with Crippen LogP contribution in [0.3, 0.4) is 0 Å². The largest absolute Gasteiger partial charge is 0.442 e. The highest BCUT2D eigenvalue weighted by atomic mass is 32.1. The van der Waals surface area contributed by atoms with Crippen LogP contribution in [-0.2, 0) is 9.53 Å². The van der Waals surface area contributed by atoms with E-state index in [4.69, 9.17) is 17.0 Å². The first-order valence-corrected chi connectivity index (χ1v) is 10.4. The summed E-state index contributed by atoms with van der Waals surface area (Å²) in [5, 5.41) is 4.41. The zero-order valence-corrected chi connectivity index (χ0v) is 17.8. The SMILES string of the molecule is CC(=O)NCC1CN(c2cc(F)c(N3CCNN(C(=S)C4C=C4)CC3)c(F)c2)C(=O)O1. The van der Waals surface area contributed by atoms with Crippen molar-refractivity contribution < 1.29 is 23.1 Å². The van der Waals surface area contributed by atoms with Gasteiger partial charge in [0.15, 0.2) is 11.6 Å². The maximum absolute atomic E-state index is 15.0. The summed E-state index contributed by atoms with van der Waals surface area (Å²) >= 11 is 5.42. The molecule has 2 amide bonds. The van der Waals surface area contributed by atoms with Crippen LogP contribution in [0.25, 0.3) is 0 Å². The molecule has 166 valence electrons. The molecule has 0 bridgehead atoms. The smallest absolute Gasteiger partial charge is 0.414 e. The van der Waals surface area contributed by atoms with Gasteiger partial charge in [-0.3, -0.25) is 14.7 Å². The van der Waals surface area contributed by atoms with Gasteiger partial charge >= 0.3 is 6.09 Å². The van der Waals surface area contributed by atoms with Crippen molar-refractivity contribution in [2.24, 2.45) is 5.92 Å². The standard InChI is InChI=1S/C20H23F2N5O3S/c1-12(28)23-10-15-11-26(20(29)30-15)14-8-16(21)18(17(22)9-14)25-5-4-24-27(7-6-25)19(31)13-2-3-13/h2-3,8-9,13,15,24H,4-7,10-11H2,1H3,(H,23,28). The number of hydrazine groups is 1. The average molecular weight is 451 g/mol. The number of hydrogen-bond donors (Lipinski definition) is 2. The monoisotopic (exact) mass is 451 g/mol. The van der Waals surface area contributed by atoms with Gasteiger partial charge in [-0.05, 0) is 0 Å². The molecule has 11 heteroatoms. The Balaban J connectivity index is 1.45. The van der Waals surface area contributed by atoms with Gasteiger partial charge in [0.05, 0.1) is 25.3 Å². The van der Waals surface area contributed by atoms with Crippen molar-refractivity contribution in [2.45, 2.75) is 13.0 Å². The zero-order chi connectivity index (χ0) is 22.1. The lowest BCUT2D eigenvalue weighted by Crippen LogP contribution is -2.43. The van der Waals surface area contributed by atoms with Crippen LogP contribution in [-0.4, -0.2) is 67.4 Å². The van der Waals surface area contributed by atoms with Crippen LogP contribution < -0.4 is 20.5 Å². The first-order valence-electron chi connectivity index (χ1n) is 10.0. The van der Waals surface area contributed by atoms with E-state index in [1.54, 1.807) is 4.90 Å². The number of carbonyl (C=O) groups excluding carboxylic acids is 2. The molecule has 3 aliphatic rings. The lowest BCUT2D eigenvalue weighted by molar-refractivity contribution is -0.119. The summed E-state index contributed by atoms with van der Waals surface area (Å²) in [5.74, 6) is -1.59. The minimum atomic E-state index is -0.756. The number of thiocarbonyl (C=S) groups is 1. The summed E-state index contributed by atoms with van der Waals surface area (Å²) < 4.78 is 35.1. The molecule has 1 atom stereocenters. The van der Waals surface area contributed by atoms with Gasteiger partial charge in [0, 0.05) is 44.6 Å². The maximum Gasteiger partial charge on any atom is 0.414 e. The lowest BCUT2D eigenvalue weighted by Gasteiger charge is -2.26. The highest BCUT2D eigenvalue weighted by Gasteiger charge is 2.34. The second kappa shape index (κ2) is 8.75. The molecule has 2 saturated heterocycles. The number of rotatable bonds is 5. The Bertz CT molecular complexity index is 914. The zero-order valence-electron chi connectivity index (χ0n) is 16.9. The number of cyclic esters (lactones) is 1. The molecule has 2 heterocycles. The number of benzene rings is 1. The Hall–Kier alpha value is -2.79. The summed E-state index contributed by atoms with van der Waals surface area (Å²) in [6, 6.07) is 2.27.